The zero-order valence-corrected chi connectivity index (χ0v) is 12.0. The first-order chi connectivity index (χ1) is 10.4. The molecule has 0 atom stereocenters. The Labute approximate surface area is 126 Å². The van der Waals surface area contributed by atoms with Crippen LogP contribution in [0.4, 0.5) is 0 Å². The lowest BCUT2D eigenvalue weighted by atomic mass is 10.1. The van der Waals surface area contributed by atoms with Crippen molar-refractivity contribution in [2.45, 2.75) is 25.7 Å². The Morgan fingerprint density at radius 2 is 1.59 bits per heavy atom. The molecule has 0 amide bonds. The molecular weight excluding hydrogens is 292 g/mol. The SMILES string of the molecule is COC(=O)c1cccc(C(=O)OC(=O)CCCCC(=O)O)c1. The molecule has 1 aromatic rings. The van der Waals surface area contributed by atoms with Crippen LogP contribution < -0.4 is 0 Å². The molecule has 0 radical (unpaired) electrons. The summed E-state index contributed by atoms with van der Waals surface area (Å²) in [5.74, 6) is -3.15. The fourth-order valence-electron chi connectivity index (χ4n) is 1.65. The number of unbranched alkanes of at least 4 members (excludes halogenated alkanes) is 1. The second-order valence-electron chi connectivity index (χ2n) is 4.43. The lowest BCUT2D eigenvalue weighted by molar-refractivity contribution is -0.139. The summed E-state index contributed by atoms with van der Waals surface area (Å²) in [6, 6.07) is 5.62. The molecule has 0 aromatic heterocycles. The minimum absolute atomic E-state index is 0.0393. The normalized spacial score (nSPS) is 9.86. The van der Waals surface area contributed by atoms with E-state index < -0.39 is 23.9 Å². The average molecular weight is 308 g/mol. The fraction of sp³-hybridized carbons (Fsp3) is 0.333. The van der Waals surface area contributed by atoms with Crippen LogP contribution in [0.15, 0.2) is 24.3 Å². The number of carbonyl (C=O) groups is 4. The van der Waals surface area contributed by atoms with Gasteiger partial charge in [-0.2, -0.15) is 0 Å². The first-order valence-electron chi connectivity index (χ1n) is 6.59. The first kappa shape index (κ1) is 17.4. The molecule has 0 bridgehead atoms. The summed E-state index contributed by atoms with van der Waals surface area (Å²) in [5.41, 5.74) is 0.229. The lowest BCUT2D eigenvalue weighted by Crippen LogP contribution is -2.13. The molecule has 0 heterocycles. The van der Waals surface area contributed by atoms with Crippen LogP contribution >= 0.6 is 0 Å². The number of aliphatic carboxylic acids is 1. The molecule has 1 rings (SSSR count). The summed E-state index contributed by atoms with van der Waals surface area (Å²) in [6.45, 7) is 0. The molecule has 7 nitrogen and oxygen atoms in total. The molecule has 1 N–H and O–H groups in total. The smallest absolute Gasteiger partial charge is 0.345 e. The van der Waals surface area contributed by atoms with Crippen LogP contribution in [0.25, 0.3) is 0 Å². The monoisotopic (exact) mass is 308 g/mol. The molecule has 118 valence electrons. The fourth-order valence-corrected chi connectivity index (χ4v) is 1.65. The largest absolute Gasteiger partial charge is 0.481 e. The van der Waals surface area contributed by atoms with Gasteiger partial charge < -0.3 is 14.6 Å². The van der Waals surface area contributed by atoms with Crippen molar-refractivity contribution in [1.82, 2.24) is 0 Å². The van der Waals surface area contributed by atoms with Crippen LogP contribution in [0.1, 0.15) is 46.4 Å². The molecule has 0 aliphatic carbocycles. The Bertz CT molecular complexity index is 577. The van der Waals surface area contributed by atoms with E-state index in [1.807, 2.05) is 0 Å². The van der Waals surface area contributed by atoms with Gasteiger partial charge in [-0.3, -0.25) is 9.59 Å². The van der Waals surface area contributed by atoms with Crippen molar-refractivity contribution in [3.8, 4) is 0 Å². The predicted octanol–water partition coefficient (Wildman–Crippen LogP) is 1.80. The van der Waals surface area contributed by atoms with Gasteiger partial charge in [-0.1, -0.05) is 6.07 Å². The van der Waals surface area contributed by atoms with Gasteiger partial charge in [-0.15, -0.1) is 0 Å². The number of rotatable bonds is 7. The highest BCUT2D eigenvalue weighted by atomic mass is 16.6. The van der Waals surface area contributed by atoms with Crippen molar-refractivity contribution in [2.75, 3.05) is 7.11 Å². The number of carbonyl (C=O) groups excluding carboxylic acids is 3. The molecule has 0 unspecified atom stereocenters. The molecular formula is C15H16O7. The molecule has 0 fully saturated rings. The van der Waals surface area contributed by atoms with Gasteiger partial charge in [-0.05, 0) is 31.0 Å². The highest BCUT2D eigenvalue weighted by molar-refractivity contribution is 5.99. The molecule has 0 saturated carbocycles. The number of esters is 3. The van der Waals surface area contributed by atoms with Gasteiger partial charge in [0.05, 0.1) is 18.2 Å². The standard InChI is InChI=1S/C15H16O7/c1-21-14(19)10-5-4-6-11(9-10)15(20)22-13(18)8-3-2-7-12(16)17/h4-6,9H,2-3,7-8H2,1H3,(H,16,17). The van der Waals surface area contributed by atoms with E-state index in [4.69, 9.17) is 5.11 Å². The Kier molecular flexibility index (Phi) is 6.75. The zero-order chi connectivity index (χ0) is 16.5. The van der Waals surface area contributed by atoms with E-state index in [9.17, 15) is 19.2 Å². The minimum Gasteiger partial charge on any atom is -0.481 e. The molecule has 7 heteroatoms. The second kappa shape index (κ2) is 8.56. The third-order valence-electron chi connectivity index (χ3n) is 2.75. The van der Waals surface area contributed by atoms with Gasteiger partial charge >= 0.3 is 23.9 Å². The number of ether oxygens (including phenoxy) is 2. The van der Waals surface area contributed by atoms with E-state index in [1.165, 1.54) is 31.4 Å². The van der Waals surface area contributed by atoms with E-state index in [0.717, 1.165) is 0 Å². The Hall–Kier alpha value is -2.70. The minimum atomic E-state index is -0.941. The summed E-state index contributed by atoms with van der Waals surface area (Å²) in [4.78, 5) is 44.9. The number of methoxy groups -OCH3 is 1. The Morgan fingerprint density at radius 3 is 2.18 bits per heavy atom. The van der Waals surface area contributed by atoms with Crippen molar-refractivity contribution in [2.24, 2.45) is 0 Å². The maximum absolute atomic E-state index is 11.8. The molecule has 0 aliphatic heterocycles. The highest BCUT2D eigenvalue weighted by Crippen LogP contribution is 2.09. The average Bonchev–Trinajstić information content (AvgIpc) is 2.50. The molecule has 0 spiro atoms. The van der Waals surface area contributed by atoms with Crippen molar-refractivity contribution in [1.29, 1.82) is 0 Å². The number of benzene rings is 1. The molecule has 1 aromatic carbocycles. The van der Waals surface area contributed by atoms with Crippen LogP contribution in [-0.2, 0) is 19.1 Å². The van der Waals surface area contributed by atoms with E-state index in [-0.39, 0.29) is 24.0 Å². The van der Waals surface area contributed by atoms with Crippen molar-refractivity contribution < 1.29 is 33.8 Å². The Balaban J connectivity index is 2.52. The van der Waals surface area contributed by atoms with Gasteiger partial charge in [0.2, 0.25) is 0 Å². The number of hydrogen-bond acceptors (Lipinski definition) is 6. The van der Waals surface area contributed by atoms with Crippen LogP contribution in [0.5, 0.6) is 0 Å². The lowest BCUT2D eigenvalue weighted by Gasteiger charge is -2.04. The van der Waals surface area contributed by atoms with Crippen LogP contribution in [0.2, 0.25) is 0 Å². The molecule has 0 aliphatic rings. The molecule has 22 heavy (non-hydrogen) atoms. The summed E-state index contributed by atoms with van der Waals surface area (Å²) < 4.78 is 9.17. The van der Waals surface area contributed by atoms with Gasteiger partial charge in [-0.25, -0.2) is 9.59 Å². The number of carboxylic acid groups (broad SMARTS) is 1. The van der Waals surface area contributed by atoms with Crippen molar-refractivity contribution in [3.63, 3.8) is 0 Å². The highest BCUT2D eigenvalue weighted by Gasteiger charge is 2.15. The number of carboxylic acids is 1. The third-order valence-corrected chi connectivity index (χ3v) is 2.75. The maximum Gasteiger partial charge on any atom is 0.345 e. The summed E-state index contributed by atoms with van der Waals surface area (Å²) >= 11 is 0. The van der Waals surface area contributed by atoms with Gasteiger partial charge in [0.15, 0.2) is 0 Å². The summed E-state index contributed by atoms with van der Waals surface area (Å²) in [6.07, 6.45) is 0.565. The zero-order valence-electron chi connectivity index (χ0n) is 12.0. The van der Waals surface area contributed by atoms with Crippen LogP contribution in [0.3, 0.4) is 0 Å². The van der Waals surface area contributed by atoms with Crippen molar-refractivity contribution in [3.05, 3.63) is 35.4 Å². The maximum atomic E-state index is 11.8. The van der Waals surface area contributed by atoms with E-state index in [1.54, 1.807) is 0 Å². The van der Waals surface area contributed by atoms with E-state index >= 15 is 0 Å². The van der Waals surface area contributed by atoms with E-state index in [2.05, 4.69) is 9.47 Å². The van der Waals surface area contributed by atoms with Crippen LogP contribution in [0, 0.1) is 0 Å². The third kappa shape index (κ3) is 5.74. The number of hydrogen-bond donors (Lipinski definition) is 1. The quantitative estimate of drug-likeness (QED) is 0.465. The van der Waals surface area contributed by atoms with E-state index in [0.29, 0.717) is 12.8 Å². The second-order valence-corrected chi connectivity index (χ2v) is 4.43. The van der Waals surface area contributed by atoms with Gasteiger partial charge in [0.25, 0.3) is 0 Å². The molecule has 0 saturated heterocycles. The van der Waals surface area contributed by atoms with Crippen molar-refractivity contribution >= 4 is 23.9 Å². The van der Waals surface area contributed by atoms with Gasteiger partial charge in [0, 0.05) is 12.8 Å². The predicted molar refractivity (Wildman–Crippen MR) is 74.3 cm³/mol. The summed E-state index contributed by atoms with van der Waals surface area (Å²) in [7, 11) is 1.22. The first-order valence-corrected chi connectivity index (χ1v) is 6.59. The Morgan fingerprint density at radius 1 is 1.00 bits per heavy atom. The van der Waals surface area contributed by atoms with Crippen LogP contribution in [-0.4, -0.2) is 36.1 Å². The van der Waals surface area contributed by atoms with Gasteiger partial charge in [0.1, 0.15) is 0 Å². The topological polar surface area (TPSA) is 107 Å². The summed E-state index contributed by atoms with van der Waals surface area (Å²) in [5, 5.41) is 8.46.